The lowest BCUT2D eigenvalue weighted by Gasteiger charge is -2.50. The number of ketones is 1. The Labute approximate surface area is 61.8 Å². The number of Topliss-reactive ketones (excluding diaryl/α,β-unsaturated/α-hetero) is 1. The van der Waals surface area contributed by atoms with E-state index >= 15 is 0 Å². The first-order chi connectivity index (χ1) is 4.58. The molecule has 2 aliphatic carbocycles. The summed E-state index contributed by atoms with van der Waals surface area (Å²) in [7, 11) is 0. The van der Waals surface area contributed by atoms with E-state index in [9.17, 15) is 4.79 Å². The highest BCUT2D eigenvalue weighted by Crippen LogP contribution is 2.64. The highest BCUT2D eigenvalue weighted by molar-refractivity contribution is 5.88. The van der Waals surface area contributed by atoms with Crippen LogP contribution in [-0.2, 0) is 4.79 Å². The molecule has 56 valence electrons. The third-order valence-corrected chi connectivity index (χ3v) is 4.03. The van der Waals surface area contributed by atoms with E-state index in [-0.39, 0.29) is 5.41 Å². The summed E-state index contributed by atoms with van der Waals surface area (Å²) in [5.41, 5.74) is 0.483. The highest BCUT2D eigenvalue weighted by atomic mass is 16.1. The SMILES string of the molecule is C[C@@]12CCC(=O)[C@]1(C)CC2. The van der Waals surface area contributed by atoms with Gasteiger partial charge in [0.15, 0.2) is 0 Å². The number of fused-ring (bicyclic) bond motifs is 1. The molecule has 10 heavy (non-hydrogen) atoms. The maximum absolute atomic E-state index is 11.4. The predicted octanol–water partition coefficient (Wildman–Crippen LogP) is 2.16. The topological polar surface area (TPSA) is 17.1 Å². The minimum Gasteiger partial charge on any atom is -0.299 e. The first kappa shape index (κ1) is 6.38. The largest absolute Gasteiger partial charge is 0.299 e. The van der Waals surface area contributed by atoms with Gasteiger partial charge in [0.2, 0.25) is 0 Å². The Hall–Kier alpha value is -0.330. The van der Waals surface area contributed by atoms with Crippen molar-refractivity contribution in [1.29, 1.82) is 0 Å². The van der Waals surface area contributed by atoms with Crippen LogP contribution in [0.1, 0.15) is 39.5 Å². The summed E-state index contributed by atoms with van der Waals surface area (Å²) in [5, 5.41) is 0. The minimum absolute atomic E-state index is 0.0903. The normalized spacial score (nSPS) is 52.4. The molecule has 0 aromatic heterocycles. The molecule has 0 saturated heterocycles. The molecule has 0 aromatic rings. The summed E-state index contributed by atoms with van der Waals surface area (Å²) in [5.74, 6) is 0.515. The molecule has 0 radical (unpaired) electrons. The zero-order chi connectivity index (χ0) is 7.41. The van der Waals surface area contributed by atoms with Crippen molar-refractivity contribution in [3.63, 3.8) is 0 Å². The number of hydrogen-bond donors (Lipinski definition) is 0. The van der Waals surface area contributed by atoms with Gasteiger partial charge in [-0.05, 0) is 24.7 Å². The van der Waals surface area contributed by atoms with Crippen molar-refractivity contribution >= 4 is 5.78 Å². The van der Waals surface area contributed by atoms with Gasteiger partial charge in [-0.25, -0.2) is 0 Å². The van der Waals surface area contributed by atoms with E-state index in [0.717, 1.165) is 19.3 Å². The average molecular weight is 138 g/mol. The third kappa shape index (κ3) is 0.446. The van der Waals surface area contributed by atoms with Gasteiger partial charge in [0, 0.05) is 11.8 Å². The Morgan fingerprint density at radius 2 is 1.90 bits per heavy atom. The first-order valence-electron chi connectivity index (χ1n) is 4.12. The molecule has 1 nitrogen and oxygen atoms in total. The van der Waals surface area contributed by atoms with Crippen molar-refractivity contribution in [3.05, 3.63) is 0 Å². The second-order valence-corrected chi connectivity index (χ2v) is 4.32. The van der Waals surface area contributed by atoms with E-state index in [1.165, 1.54) is 6.42 Å². The zero-order valence-corrected chi connectivity index (χ0v) is 6.74. The van der Waals surface area contributed by atoms with E-state index in [2.05, 4.69) is 13.8 Å². The molecule has 2 atom stereocenters. The lowest BCUT2D eigenvalue weighted by molar-refractivity contribution is -0.136. The number of carbonyl (C=O) groups excluding carboxylic acids is 1. The molecule has 2 saturated carbocycles. The Balaban J connectivity index is 2.37. The van der Waals surface area contributed by atoms with Crippen LogP contribution >= 0.6 is 0 Å². The van der Waals surface area contributed by atoms with Gasteiger partial charge in [0.1, 0.15) is 5.78 Å². The monoisotopic (exact) mass is 138 g/mol. The predicted molar refractivity (Wildman–Crippen MR) is 39.7 cm³/mol. The van der Waals surface area contributed by atoms with Crippen molar-refractivity contribution in [2.75, 3.05) is 0 Å². The highest BCUT2D eigenvalue weighted by Gasteiger charge is 2.60. The third-order valence-electron chi connectivity index (χ3n) is 4.03. The van der Waals surface area contributed by atoms with Gasteiger partial charge in [0.05, 0.1) is 0 Å². The fraction of sp³-hybridized carbons (Fsp3) is 0.889. The Morgan fingerprint density at radius 3 is 2.10 bits per heavy atom. The van der Waals surface area contributed by atoms with Crippen LogP contribution in [0.25, 0.3) is 0 Å². The van der Waals surface area contributed by atoms with Crippen LogP contribution < -0.4 is 0 Å². The van der Waals surface area contributed by atoms with Gasteiger partial charge in [-0.1, -0.05) is 13.8 Å². The number of carbonyl (C=O) groups is 1. The average Bonchev–Trinajstić information content (AvgIpc) is 2.04. The van der Waals surface area contributed by atoms with Crippen LogP contribution in [0.4, 0.5) is 0 Å². The van der Waals surface area contributed by atoms with Crippen molar-refractivity contribution in [2.24, 2.45) is 10.8 Å². The molecule has 1 heteroatoms. The summed E-state index contributed by atoms with van der Waals surface area (Å²) in [6.45, 7) is 4.41. The molecule has 0 aliphatic heterocycles. The van der Waals surface area contributed by atoms with Crippen molar-refractivity contribution < 1.29 is 4.79 Å². The van der Waals surface area contributed by atoms with Gasteiger partial charge < -0.3 is 0 Å². The zero-order valence-electron chi connectivity index (χ0n) is 6.74. The molecule has 0 aromatic carbocycles. The Morgan fingerprint density at radius 1 is 1.20 bits per heavy atom. The fourth-order valence-electron chi connectivity index (χ4n) is 2.47. The summed E-state index contributed by atoms with van der Waals surface area (Å²) in [4.78, 5) is 11.4. The van der Waals surface area contributed by atoms with Crippen molar-refractivity contribution in [3.8, 4) is 0 Å². The summed E-state index contributed by atoms with van der Waals surface area (Å²) >= 11 is 0. The summed E-state index contributed by atoms with van der Waals surface area (Å²) in [6.07, 6.45) is 4.40. The quantitative estimate of drug-likeness (QED) is 0.501. The summed E-state index contributed by atoms with van der Waals surface area (Å²) in [6, 6.07) is 0. The van der Waals surface area contributed by atoms with Gasteiger partial charge in [-0.2, -0.15) is 0 Å². The van der Waals surface area contributed by atoms with E-state index in [1.807, 2.05) is 0 Å². The molecule has 2 rings (SSSR count). The van der Waals surface area contributed by atoms with Crippen LogP contribution in [0.15, 0.2) is 0 Å². The van der Waals surface area contributed by atoms with Gasteiger partial charge in [0.25, 0.3) is 0 Å². The van der Waals surface area contributed by atoms with Crippen molar-refractivity contribution in [1.82, 2.24) is 0 Å². The van der Waals surface area contributed by atoms with Crippen LogP contribution in [0.5, 0.6) is 0 Å². The maximum Gasteiger partial charge on any atom is 0.139 e. The van der Waals surface area contributed by atoms with E-state index in [4.69, 9.17) is 0 Å². The fourth-order valence-corrected chi connectivity index (χ4v) is 2.47. The van der Waals surface area contributed by atoms with Gasteiger partial charge in [-0.3, -0.25) is 4.79 Å². The molecule has 2 aliphatic rings. The number of hydrogen-bond acceptors (Lipinski definition) is 1. The molecular formula is C9H14O. The Bertz CT molecular complexity index is 197. The summed E-state index contributed by atoms with van der Waals surface area (Å²) < 4.78 is 0. The van der Waals surface area contributed by atoms with Crippen LogP contribution in [-0.4, -0.2) is 5.78 Å². The van der Waals surface area contributed by atoms with Gasteiger partial charge >= 0.3 is 0 Å². The molecule has 0 spiro atoms. The van der Waals surface area contributed by atoms with Crippen LogP contribution in [0.3, 0.4) is 0 Å². The van der Waals surface area contributed by atoms with E-state index < -0.39 is 0 Å². The second kappa shape index (κ2) is 1.46. The first-order valence-corrected chi connectivity index (χ1v) is 4.12. The Kier molecular flexibility index (Phi) is 0.934. The van der Waals surface area contributed by atoms with Crippen LogP contribution in [0.2, 0.25) is 0 Å². The number of rotatable bonds is 0. The molecule has 0 N–H and O–H groups in total. The van der Waals surface area contributed by atoms with Crippen molar-refractivity contribution in [2.45, 2.75) is 39.5 Å². The standard InChI is InChI=1S/C9H14O/c1-8-4-3-7(10)9(8,2)6-5-8/h3-6H2,1-2H3/t8-,9-/m0/s1. The van der Waals surface area contributed by atoms with E-state index in [1.54, 1.807) is 0 Å². The van der Waals surface area contributed by atoms with Gasteiger partial charge in [-0.15, -0.1) is 0 Å². The molecule has 0 heterocycles. The smallest absolute Gasteiger partial charge is 0.139 e. The maximum atomic E-state index is 11.4. The van der Waals surface area contributed by atoms with Crippen LogP contribution in [0, 0.1) is 10.8 Å². The molecule has 0 unspecified atom stereocenters. The van der Waals surface area contributed by atoms with E-state index in [0.29, 0.717) is 11.2 Å². The second-order valence-electron chi connectivity index (χ2n) is 4.32. The lowest BCUT2D eigenvalue weighted by Crippen LogP contribution is -2.46. The molecule has 2 fully saturated rings. The minimum atomic E-state index is 0.0903. The molecule has 0 amide bonds. The molecule has 0 bridgehead atoms. The molecular weight excluding hydrogens is 124 g/mol. The lowest BCUT2D eigenvalue weighted by atomic mass is 9.53.